The standard InChI is InChI=1S/C19H15ClN4OS2/c20-13-2-4-15-17(10-13)27-19(22-15)24-7-5-23(6-8-24)18(25)12-1-3-14-16(9-12)26-11-21-14/h1-4,9-11H,5-8H2. The third-order valence-corrected chi connectivity index (χ3v) is 6.86. The minimum absolute atomic E-state index is 0.0843. The van der Waals surface area contributed by atoms with E-state index in [0.717, 1.165) is 49.2 Å². The van der Waals surface area contributed by atoms with Crippen LogP contribution in [-0.2, 0) is 0 Å². The van der Waals surface area contributed by atoms with Crippen LogP contribution >= 0.6 is 34.3 Å². The van der Waals surface area contributed by atoms with E-state index in [1.807, 2.05) is 46.8 Å². The van der Waals surface area contributed by atoms with E-state index in [2.05, 4.69) is 9.88 Å². The van der Waals surface area contributed by atoms with E-state index in [1.54, 1.807) is 22.7 Å². The Hall–Kier alpha value is -2.22. The Morgan fingerprint density at radius 2 is 1.81 bits per heavy atom. The van der Waals surface area contributed by atoms with Crippen molar-refractivity contribution in [1.29, 1.82) is 0 Å². The van der Waals surface area contributed by atoms with Crippen molar-refractivity contribution in [1.82, 2.24) is 14.9 Å². The molecule has 0 saturated carbocycles. The average molecular weight is 415 g/mol. The molecule has 1 amide bonds. The monoisotopic (exact) mass is 414 g/mol. The number of amides is 1. The zero-order chi connectivity index (χ0) is 18.4. The molecule has 1 aliphatic heterocycles. The minimum atomic E-state index is 0.0843. The molecule has 1 saturated heterocycles. The molecule has 0 N–H and O–H groups in total. The summed E-state index contributed by atoms with van der Waals surface area (Å²) in [6.45, 7) is 2.94. The van der Waals surface area contributed by atoms with Gasteiger partial charge in [-0.05, 0) is 36.4 Å². The number of anilines is 1. The Balaban J connectivity index is 1.30. The second-order valence-electron chi connectivity index (χ2n) is 6.42. The predicted molar refractivity (Wildman–Crippen MR) is 112 cm³/mol. The molecule has 136 valence electrons. The number of piperazine rings is 1. The van der Waals surface area contributed by atoms with Crippen LogP contribution in [0, 0.1) is 0 Å². The summed E-state index contributed by atoms with van der Waals surface area (Å²) in [5.74, 6) is 0.0843. The fraction of sp³-hybridized carbons (Fsp3) is 0.211. The normalized spacial score (nSPS) is 15.0. The van der Waals surface area contributed by atoms with Crippen LogP contribution in [0.25, 0.3) is 20.4 Å². The number of carbonyl (C=O) groups is 1. The first-order valence-electron chi connectivity index (χ1n) is 8.61. The molecule has 1 fully saturated rings. The van der Waals surface area contributed by atoms with E-state index >= 15 is 0 Å². The Kier molecular flexibility index (Phi) is 4.22. The summed E-state index contributed by atoms with van der Waals surface area (Å²) in [4.78, 5) is 26.0. The van der Waals surface area contributed by atoms with Gasteiger partial charge in [0, 0.05) is 36.8 Å². The van der Waals surface area contributed by atoms with Crippen LogP contribution in [0.1, 0.15) is 10.4 Å². The summed E-state index contributed by atoms with van der Waals surface area (Å²) in [5, 5.41) is 1.72. The maximum absolute atomic E-state index is 12.9. The molecule has 5 rings (SSSR count). The smallest absolute Gasteiger partial charge is 0.254 e. The number of benzene rings is 2. The molecule has 8 heteroatoms. The number of thiazole rings is 2. The first kappa shape index (κ1) is 16.9. The van der Waals surface area contributed by atoms with Crippen molar-refractivity contribution in [2.75, 3.05) is 31.1 Å². The second kappa shape index (κ2) is 6.74. The van der Waals surface area contributed by atoms with E-state index < -0.39 is 0 Å². The molecule has 0 aliphatic carbocycles. The molecule has 3 heterocycles. The molecule has 27 heavy (non-hydrogen) atoms. The van der Waals surface area contributed by atoms with E-state index in [-0.39, 0.29) is 5.91 Å². The van der Waals surface area contributed by atoms with Crippen molar-refractivity contribution >= 4 is 65.7 Å². The molecule has 4 aromatic rings. The van der Waals surface area contributed by atoms with Crippen molar-refractivity contribution in [2.45, 2.75) is 0 Å². The van der Waals surface area contributed by atoms with Crippen LogP contribution < -0.4 is 4.90 Å². The van der Waals surface area contributed by atoms with Gasteiger partial charge in [0.2, 0.25) is 0 Å². The highest BCUT2D eigenvalue weighted by atomic mass is 35.5. The molecule has 0 bridgehead atoms. The van der Waals surface area contributed by atoms with Crippen LogP contribution in [0.15, 0.2) is 41.9 Å². The number of aromatic nitrogens is 2. The average Bonchev–Trinajstić information content (AvgIpc) is 3.33. The first-order chi connectivity index (χ1) is 13.2. The fourth-order valence-electron chi connectivity index (χ4n) is 3.29. The Bertz CT molecular complexity index is 1150. The van der Waals surface area contributed by atoms with E-state index in [9.17, 15) is 4.79 Å². The number of carbonyl (C=O) groups excluding carboxylic acids is 1. The summed E-state index contributed by atoms with van der Waals surface area (Å²) in [5.41, 5.74) is 4.45. The van der Waals surface area contributed by atoms with Gasteiger partial charge in [0.05, 0.1) is 25.9 Å². The van der Waals surface area contributed by atoms with Crippen LogP contribution in [-0.4, -0.2) is 47.0 Å². The lowest BCUT2D eigenvalue weighted by atomic mass is 10.1. The van der Waals surface area contributed by atoms with Gasteiger partial charge in [-0.3, -0.25) is 4.79 Å². The van der Waals surface area contributed by atoms with Crippen molar-refractivity contribution in [3.05, 3.63) is 52.5 Å². The Labute approximate surface area is 168 Å². The lowest BCUT2D eigenvalue weighted by molar-refractivity contribution is 0.0747. The zero-order valence-electron chi connectivity index (χ0n) is 14.3. The molecular weight excluding hydrogens is 400 g/mol. The van der Waals surface area contributed by atoms with Gasteiger partial charge in [-0.15, -0.1) is 11.3 Å². The molecular formula is C19H15ClN4OS2. The summed E-state index contributed by atoms with van der Waals surface area (Å²) in [7, 11) is 0. The van der Waals surface area contributed by atoms with Crippen LogP contribution in [0.4, 0.5) is 5.13 Å². The number of hydrogen-bond donors (Lipinski definition) is 0. The highest BCUT2D eigenvalue weighted by Crippen LogP contribution is 2.31. The van der Waals surface area contributed by atoms with Crippen LogP contribution in [0.5, 0.6) is 0 Å². The van der Waals surface area contributed by atoms with Gasteiger partial charge in [0.15, 0.2) is 5.13 Å². The van der Waals surface area contributed by atoms with Gasteiger partial charge in [-0.2, -0.15) is 0 Å². The van der Waals surface area contributed by atoms with Gasteiger partial charge in [0.1, 0.15) is 0 Å². The van der Waals surface area contributed by atoms with Gasteiger partial charge in [0.25, 0.3) is 5.91 Å². The topological polar surface area (TPSA) is 49.3 Å². The van der Waals surface area contributed by atoms with Gasteiger partial charge >= 0.3 is 0 Å². The molecule has 0 unspecified atom stereocenters. The molecule has 1 aliphatic rings. The van der Waals surface area contributed by atoms with Crippen LogP contribution in [0.3, 0.4) is 0 Å². The van der Waals surface area contributed by atoms with E-state index in [1.165, 1.54) is 0 Å². The summed E-state index contributed by atoms with van der Waals surface area (Å²) in [6, 6.07) is 11.5. The van der Waals surface area contributed by atoms with E-state index in [4.69, 9.17) is 16.6 Å². The molecule has 5 nitrogen and oxygen atoms in total. The predicted octanol–water partition coefficient (Wildman–Crippen LogP) is 4.52. The highest BCUT2D eigenvalue weighted by Gasteiger charge is 2.24. The van der Waals surface area contributed by atoms with E-state index in [0.29, 0.717) is 13.1 Å². The molecule has 2 aromatic carbocycles. The number of halogens is 1. The number of rotatable bonds is 2. The van der Waals surface area contributed by atoms with Crippen molar-refractivity contribution in [3.63, 3.8) is 0 Å². The zero-order valence-corrected chi connectivity index (χ0v) is 16.7. The summed E-state index contributed by atoms with van der Waals surface area (Å²) >= 11 is 9.28. The third-order valence-electron chi connectivity index (χ3n) is 4.75. The van der Waals surface area contributed by atoms with Gasteiger partial charge in [-0.1, -0.05) is 22.9 Å². The van der Waals surface area contributed by atoms with Crippen molar-refractivity contribution in [2.24, 2.45) is 0 Å². The lowest BCUT2D eigenvalue weighted by Crippen LogP contribution is -2.48. The molecule has 0 spiro atoms. The Morgan fingerprint density at radius 3 is 2.67 bits per heavy atom. The number of hydrogen-bond acceptors (Lipinski definition) is 6. The highest BCUT2D eigenvalue weighted by molar-refractivity contribution is 7.22. The maximum atomic E-state index is 12.9. The van der Waals surface area contributed by atoms with Crippen LogP contribution in [0.2, 0.25) is 5.02 Å². The largest absolute Gasteiger partial charge is 0.345 e. The summed E-state index contributed by atoms with van der Waals surface area (Å²) < 4.78 is 2.14. The third kappa shape index (κ3) is 3.16. The number of fused-ring (bicyclic) bond motifs is 2. The quantitative estimate of drug-likeness (QED) is 0.483. The first-order valence-corrected chi connectivity index (χ1v) is 10.7. The Morgan fingerprint density at radius 1 is 1.00 bits per heavy atom. The molecule has 2 aromatic heterocycles. The van der Waals surface area contributed by atoms with Gasteiger partial charge < -0.3 is 9.80 Å². The van der Waals surface area contributed by atoms with Crippen molar-refractivity contribution < 1.29 is 4.79 Å². The SMILES string of the molecule is O=C(c1ccc2ncsc2c1)N1CCN(c2nc3ccc(Cl)cc3s2)CC1. The summed E-state index contributed by atoms with van der Waals surface area (Å²) in [6.07, 6.45) is 0. The lowest BCUT2D eigenvalue weighted by Gasteiger charge is -2.34. The van der Waals surface area contributed by atoms with Gasteiger partial charge in [-0.25, -0.2) is 9.97 Å². The number of nitrogens with zero attached hydrogens (tertiary/aromatic N) is 4. The maximum Gasteiger partial charge on any atom is 0.254 e. The van der Waals surface area contributed by atoms with Crippen molar-refractivity contribution in [3.8, 4) is 0 Å². The molecule has 0 radical (unpaired) electrons. The fourth-order valence-corrected chi connectivity index (χ4v) is 5.30. The minimum Gasteiger partial charge on any atom is -0.345 e. The molecule has 0 atom stereocenters. The second-order valence-corrected chi connectivity index (χ2v) is 8.75.